The van der Waals surface area contributed by atoms with E-state index in [-0.39, 0.29) is 17.5 Å². The van der Waals surface area contributed by atoms with E-state index in [4.69, 9.17) is 9.47 Å². The van der Waals surface area contributed by atoms with Gasteiger partial charge in [0.05, 0.1) is 19.8 Å². The minimum absolute atomic E-state index is 0.102. The van der Waals surface area contributed by atoms with Crippen LogP contribution >= 0.6 is 0 Å². The molecule has 1 atom stereocenters. The topological polar surface area (TPSA) is 64.6 Å². The van der Waals surface area contributed by atoms with E-state index in [1.54, 1.807) is 0 Å². The van der Waals surface area contributed by atoms with Crippen molar-refractivity contribution in [1.29, 1.82) is 0 Å². The third kappa shape index (κ3) is 2.55. The summed E-state index contributed by atoms with van der Waals surface area (Å²) in [4.78, 5) is 22.7. The Kier molecular flexibility index (Phi) is 4.95. The van der Waals surface area contributed by atoms with Crippen molar-refractivity contribution in [1.82, 2.24) is 0 Å². The standard InChI is InChI=1S/C13H19NO4/c1-5-8(9(6-2)18-7-3)14-10-11(15)12(16)13(10)17-4/h6,8,14H,5,7H2,1-4H3/b9-6-/t8-/m1/s1. The van der Waals surface area contributed by atoms with E-state index in [1.165, 1.54) is 7.11 Å². The zero-order chi connectivity index (χ0) is 13.7. The van der Waals surface area contributed by atoms with Crippen molar-refractivity contribution in [2.75, 3.05) is 19.0 Å². The third-order valence-corrected chi connectivity index (χ3v) is 2.74. The van der Waals surface area contributed by atoms with Crippen molar-refractivity contribution in [2.45, 2.75) is 33.2 Å². The van der Waals surface area contributed by atoms with Crippen LogP contribution in [0.5, 0.6) is 5.75 Å². The molecule has 0 radical (unpaired) electrons. The average molecular weight is 253 g/mol. The largest absolute Gasteiger partial charge is 0.496 e. The molecule has 1 rings (SSSR count). The molecule has 18 heavy (non-hydrogen) atoms. The van der Waals surface area contributed by atoms with Gasteiger partial charge in [-0.3, -0.25) is 9.59 Å². The van der Waals surface area contributed by atoms with Crippen LogP contribution in [-0.4, -0.2) is 19.8 Å². The maximum atomic E-state index is 11.4. The minimum Gasteiger partial charge on any atom is -0.496 e. The molecule has 0 saturated carbocycles. The van der Waals surface area contributed by atoms with Gasteiger partial charge >= 0.3 is 0 Å². The second-order valence-corrected chi connectivity index (χ2v) is 3.80. The molecular formula is C13H19NO4. The summed E-state index contributed by atoms with van der Waals surface area (Å²) in [7, 11) is 1.38. The van der Waals surface area contributed by atoms with Gasteiger partial charge < -0.3 is 14.8 Å². The van der Waals surface area contributed by atoms with Gasteiger partial charge in [0.1, 0.15) is 11.4 Å². The molecule has 1 aromatic carbocycles. The molecule has 100 valence electrons. The number of hydrogen-bond donors (Lipinski definition) is 1. The Bertz CT molecular complexity index is 497. The van der Waals surface area contributed by atoms with Gasteiger partial charge in [-0.15, -0.1) is 0 Å². The van der Waals surface area contributed by atoms with Crippen LogP contribution in [0.1, 0.15) is 27.2 Å². The van der Waals surface area contributed by atoms with Crippen molar-refractivity contribution in [3.8, 4) is 5.75 Å². The Morgan fingerprint density at radius 3 is 2.44 bits per heavy atom. The molecule has 5 nitrogen and oxygen atoms in total. The normalized spacial score (nSPS) is 13.4. The highest BCUT2D eigenvalue weighted by molar-refractivity contribution is 5.62. The van der Waals surface area contributed by atoms with Gasteiger partial charge in [0.15, 0.2) is 5.75 Å². The van der Waals surface area contributed by atoms with E-state index >= 15 is 0 Å². The summed E-state index contributed by atoms with van der Waals surface area (Å²) in [6.45, 7) is 6.29. The maximum Gasteiger partial charge on any atom is 0.271 e. The molecule has 0 aliphatic heterocycles. The molecule has 0 aromatic heterocycles. The van der Waals surface area contributed by atoms with Crippen molar-refractivity contribution < 1.29 is 9.47 Å². The lowest BCUT2D eigenvalue weighted by Crippen LogP contribution is -2.38. The molecule has 1 aromatic rings. The molecule has 0 unspecified atom stereocenters. The molecule has 0 aliphatic carbocycles. The summed E-state index contributed by atoms with van der Waals surface area (Å²) in [6, 6.07) is -0.132. The number of nitrogens with one attached hydrogen (secondary N) is 1. The highest BCUT2D eigenvalue weighted by Gasteiger charge is 2.25. The molecule has 0 spiro atoms. The van der Waals surface area contributed by atoms with Crippen LogP contribution in [0, 0.1) is 0 Å². The summed E-state index contributed by atoms with van der Waals surface area (Å²) in [6.07, 6.45) is 2.59. The Balaban J connectivity index is 2.90. The highest BCUT2D eigenvalue weighted by Crippen LogP contribution is 2.21. The summed E-state index contributed by atoms with van der Waals surface area (Å²) < 4.78 is 10.4. The number of hydrogen-bond acceptors (Lipinski definition) is 5. The number of rotatable bonds is 7. The summed E-state index contributed by atoms with van der Waals surface area (Å²) in [5, 5.41) is 3.01. The Morgan fingerprint density at radius 2 is 2.00 bits per heavy atom. The summed E-state index contributed by atoms with van der Waals surface area (Å²) in [5.41, 5.74) is -0.862. The third-order valence-electron chi connectivity index (χ3n) is 2.74. The van der Waals surface area contributed by atoms with Crippen LogP contribution < -0.4 is 20.9 Å². The van der Waals surface area contributed by atoms with E-state index in [2.05, 4.69) is 5.32 Å². The van der Waals surface area contributed by atoms with Crippen LogP contribution in [0.4, 0.5) is 5.69 Å². The van der Waals surface area contributed by atoms with Crippen molar-refractivity contribution in [3.63, 3.8) is 0 Å². The smallest absolute Gasteiger partial charge is 0.271 e. The second kappa shape index (κ2) is 6.23. The number of ether oxygens (including phenoxy) is 2. The van der Waals surface area contributed by atoms with Crippen molar-refractivity contribution >= 4 is 5.69 Å². The minimum atomic E-state index is -0.576. The van der Waals surface area contributed by atoms with E-state index in [0.29, 0.717) is 6.61 Å². The lowest BCUT2D eigenvalue weighted by Gasteiger charge is -2.22. The molecule has 0 bridgehead atoms. The first kappa shape index (κ1) is 14.3. The van der Waals surface area contributed by atoms with E-state index in [0.717, 1.165) is 12.2 Å². The van der Waals surface area contributed by atoms with E-state index < -0.39 is 10.9 Å². The Hall–Kier alpha value is -1.78. The SMILES string of the molecule is C/C=C(\OCC)[C@@H](CC)Nc1c(OC)c(=O)c1=O. The van der Waals surface area contributed by atoms with Crippen LogP contribution in [0.15, 0.2) is 21.4 Å². The fraction of sp³-hybridized carbons (Fsp3) is 0.538. The van der Waals surface area contributed by atoms with E-state index in [1.807, 2.05) is 26.8 Å². The monoisotopic (exact) mass is 253 g/mol. The predicted octanol–water partition coefficient (Wildman–Crippen LogP) is 1.42. The highest BCUT2D eigenvalue weighted by atomic mass is 16.5. The van der Waals surface area contributed by atoms with Gasteiger partial charge in [-0.2, -0.15) is 0 Å². The molecule has 1 N–H and O–H groups in total. The van der Waals surface area contributed by atoms with Crippen LogP contribution in [-0.2, 0) is 4.74 Å². The summed E-state index contributed by atoms with van der Waals surface area (Å²) >= 11 is 0. The van der Waals surface area contributed by atoms with Crippen LogP contribution in [0.2, 0.25) is 0 Å². The molecule has 0 fully saturated rings. The Morgan fingerprint density at radius 1 is 1.33 bits per heavy atom. The molecule has 0 heterocycles. The second-order valence-electron chi connectivity index (χ2n) is 3.80. The molecule has 5 heteroatoms. The van der Waals surface area contributed by atoms with Crippen LogP contribution in [0.25, 0.3) is 0 Å². The molecular weight excluding hydrogens is 234 g/mol. The van der Waals surface area contributed by atoms with Gasteiger partial charge in [-0.1, -0.05) is 6.92 Å². The molecule has 0 amide bonds. The number of allylic oxidation sites excluding steroid dienone is 1. The fourth-order valence-electron chi connectivity index (χ4n) is 1.80. The average Bonchev–Trinajstić information content (AvgIpc) is 2.40. The lowest BCUT2D eigenvalue weighted by atomic mass is 10.1. The first-order valence-electron chi connectivity index (χ1n) is 6.03. The van der Waals surface area contributed by atoms with Gasteiger partial charge in [0.2, 0.25) is 0 Å². The van der Waals surface area contributed by atoms with Crippen LogP contribution in [0.3, 0.4) is 0 Å². The zero-order valence-corrected chi connectivity index (χ0v) is 11.2. The van der Waals surface area contributed by atoms with Gasteiger partial charge in [-0.05, 0) is 26.3 Å². The van der Waals surface area contributed by atoms with Gasteiger partial charge in [0.25, 0.3) is 10.9 Å². The number of anilines is 1. The molecule has 0 saturated heterocycles. The lowest BCUT2D eigenvalue weighted by molar-refractivity contribution is 0.210. The first-order valence-corrected chi connectivity index (χ1v) is 6.03. The predicted molar refractivity (Wildman–Crippen MR) is 71.0 cm³/mol. The summed E-state index contributed by atoms with van der Waals surface area (Å²) in [5.74, 6) is 0.862. The Labute approximate surface area is 106 Å². The quantitative estimate of drug-likeness (QED) is 0.588. The van der Waals surface area contributed by atoms with Crippen molar-refractivity contribution in [2.24, 2.45) is 0 Å². The number of methoxy groups -OCH3 is 1. The zero-order valence-electron chi connectivity index (χ0n) is 11.2. The van der Waals surface area contributed by atoms with Gasteiger partial charge in [0, 0.05) is 0 Å². The first-order chi connectivity index (χ1) is 8.60. The maximum absolute atomic E-state index is 11.4. The molecule has 0 aliphatic rings. The van der Waals surface area contributed by atoms with Crippen molar-refractivity contribution in [3.05, 3.63) is 32.3 Å². The van der Waals surface area contributed by atoms with Gasteiger partial charge in [-0.25, -0.2) is 0 Å². The van der Waals surface area contributed by atoms with E-state index in [9.17, 15) is 9.59 Å². The fourth-order valence-corrected chi connectivity index (χ4v) is 1.80.